The molecular weight excluding hydrogens is 342 g/mol. The minimum atomic E-state index is -0.562. The average molecular weight is 367 g/mol. The van der Waals surface area contributed by atoms with Gasteiger partial charge in [-0.2, -0.15) is 0 Å². The number of ether oxygens (including phenoxy) is 2. The molecule has 0 saturated heterocycles. The van der Waals surface area contributed by atoms with Gasteiger partial charge in [-0.3, -0.25) is 0 Å². The lowest BCUT2D eigenvalue weighted by Gasteiger charge is -2.20. The van der Waals surface area contributed by atoms with Crippen LogP contribution in [0.3, 0.4) is 0 Å². The molecule has 6 nitrogen and oxygen atoms in total. The summed E-state index contributed by atoms with van der Waals surface area (Å²) in [6.07, 6.45) is 3.42. The van der Waals surface area contributed by atoms with Gasteiger partial charge in [-0.05, 0) is 52.8 Å². The van der Waals surface area contributed by atoms with Crippen molar-refractivity contribution >= 4 is 17.0 Å². The lowest BCUT2D eigenvalue weighted by Crippen LogP contribution is -2.24. The molecule has 0 aliphatic carbocycles. The fourth-order valence-corrected chi connectivity index (χ4v) is 3.10. The van der Waals surface area contributed by atoms with E-state index in [1.54, 1.807) is 12.4 Å². The Labute approximate surface area is 159 Å². The first kappa shape index (κ1) is 18.9. The zero-order valence-electron chi connectivity index (χ0n) is 16.4. The quantitative estimate of drug-likeness (QED) is 0.628. The van der Waals surface area contributed by atoms with E-state index in [0.29, 0.717) is 18.1 Å². The smallest absolute Gasteiger partial charge is 0.341 e. The summed E-state index contributed by atoms with van der Waals surface area (Å²) in [4.78, 5) is 21.5. The normalized spacial score (nSPS) is 12.8. The third-order valence-corrected chi connectivity index (χ3v) is 4.16. The van der Waals surface area contributed by atoms with Crippen molar-refractivity contribution in [2.24, 2.45) is 0 Å². The highest BCUT2D eigenvalue weighted by atomic mass is 16.6. The number of carbonyl (C=O) groups is 1. The monoisotopic (exact) mass is 367 g/mol. The van der Waals surface area contributed by atoms with Crippen molar-refractivity contribution in [3.8, 4) is 5.88 Å². The second-order valence-electron chi connectivity index (χ2n) is 7.53. The van der Waals surface area contributed by atoms with E-state index in [9.17, 15) is 4.79 Å². The molecule has 0 amide bonds. The molecule has 0 spiro atoms. The molecule has 0 bridgehead atoms. The van der Waals surface area contributed by atoms with Gasteiger partial charge in [-0.15, -0.1) is 0 Å². The molecule has 0 aromatic carbocycles. The number of pyridine rings is 2. The van der Waals surface area contributed by atoms with E-state index >= 15 is 0 Å². The van der Waals surface area contributed by atoms with Gasteiger partial charge in [0.1, 0.15) is 17.9 Å². The highest BCUT2D eigenvalue weighted by Crippen LogP contribution is 2.29. The van der Waals surface area contributed by atoms with Crippen molar-refractivity contribution in [2.75, 3.05) is 6.61 Å². The number of nitrogens with zero attached hydrogens (tertiary/aromatic N) is 3. The minimum absolute atomic E-state index is 0.0411. The van der Waals surface area contributed by atoms with Gasteiger partial charge >= 0.3 is 5.97 Å². The Bertz CT molecular complexity index is 942. The molecule has 142 valence electrons. The number of carbonyl (C=O) groups excluding carboxylic acids is 1. The Kier molecular flexibility index (Phi) is 5.17. The third-order valence-electron chi connectivity index (χ3n) is 4.16. The first-order valence-electron chi connectivity index (χ1n) is 9.00. The summed E-state index contributed by atoms with van der Waals surface area (Å²) < 4.78 is 13.4. The number of hydrogen-bond acceptors (Lipinski definition) is 5. The number of hydrogen-bond donors (Lipinski definition) is 0. The molecule has 6 heteroatoms. The van der Waals surface area contributed by atoms with Gasteiger partial charge in [0.15, 0.2) is 0 Å². The van der Waals surface area contributed by atoms with E-state index in [2.05, 4.69) is 9.97 Å². The maximum Gasteiger partial charge on any atom is 0.341 e. The van der Waals surface area contributed by atoms with Crippen LogP contribution in [0.5, 0.6) is 5.88 Å². The fraction of sp³-hybridized carbons (Fsp3) is 0.381. The van der Waals surface area contributed by atoms with Crippen LogP contribution < -0.4 is 4.74 Å². The van der Waals surface area contributed by atoms with E-state index in [4.69, 9.17) is 9.47 Å². The molecular formula is C21H25N3O3. The van der Waals surface area contributed by atoms with Crippen molar-refractivity contribution in [3.63, 3.8) is 0 Å². The number of esters is 1. The van der Waals surface area contributed by atoms with Crippen LogP contribution >= 0.6 is 0 Å². The molecule has 0 saturated carbocycles. The van der Waals surface area contributed by atoms with E-state index in [1.165, 1.54) is 0 Å². The van der Waals surface area contributed by atoms with Crippen LogP contribution in [0, 0.1) is 6.92 Å². The highest BCUT2D eigenvalue weighted by molar-refractivity contribution is 6.05. The molecule has 0 aliphatic rings. The van der Waals surface area contributed by atoms with Gasteiger partial charge in [-0.1, -0.05) is 6.07 Å². The zero-order valence-corrected chi connectivity index (χ0v) is 16.4. The second-order valence-corrected chi connectivity index (χ2v) is 7.53. The standard InChI is InChI=1S/C21H25N3O3/c1-14(13-26-17-10-6-7-11-22-17)24-15(2)18(20(25)27-21(3,4)5)16-9-8-12-23-19(16)24/h6-12,14H,13H2,1-5H3. The number of aromatic nitrogens is 3. The third kappa shape index (κ3) is 4.10. The first-order valence-corrected chi connectivity index (χ1v) is 9.00. The molecule has 0 fully saturated rings. The molecule has 1 atom stereocenters. The lowest BCUT2D eigenvalue weighted by atomic mass is 10.1. The molecule has 3 aromatic heterocycles. The van der Waals surface area contributed by atoms with E-state index < -0.39 is 5.60 Å². The van der Waals surface area contributed by atoms with Crippen molar-refractivity contribution in [2.45, 2.75) is 46.3 Å². The average Bonchev–Trinajstić information content (AvgIpc) is 2.91. The van der Waals surface area contributed by atoms with E-state index in [-0.39, 0.29) is 12.0 Å². The van der Waals surface area contributed by atoms with Gasteiger partial charge in [0, 0.05) is 29.5 Å². The van der Waals surface area contributed by atoms with E-state index in [1.807, 2.05) is 69.5 Å². The predicted molar refractivity (Wildman–Crippen MR) is 104 cm³/mol. The van der Waals surface area contributed by atoms with Crippen molar-refractivity contribution in [1.29, 1.82) is 0 Å². The Morgan fingerprint density at radius 1 is 1.15 bits per heavy atom. The summed E-state index contributed by atoms with van der Waals surface area (Å²) in [6, 6.07) is 9.23. The molecule has 3 aromatic rings. The van der Waals surface area contributed by atoms with Gasteiger partial charge in [-0.25, -0.2) is 14.8 Å². The summed E-state index contributed by atoms with van der Waals surface area (Å²) in [5, 5.41) is 0.786. The Morgan fingerprint density at radius 3 is 2.56 bits per heavy atom. The van der Waals surface area contributed by atoms with Crippen LogP contribution in [0.2, 0.25) is 0 Å². The van der Waals surface area contributed by atoms with Crippen LogP contribution in [0.4, 0.5) is 0 Å². The van der Waals surface area contributed by atoms with Crippen LogP contribution in [-0.2, 0) is 4.74 Å². The molecule has 3 rings (SSSR count). The van der Waals surface area contributed by atoms with Gasteiger partial charge in [0.05, 0.1) is 11.6 Å². The molecule has 0 aliphatic heterocycles. The second kappa shape index (κ2) is 7.39. The summed E-state index contributed by atoms with van der Waals surface area (Å²) >= 11 is 0. The van der Waals surface area contributed by atoms with Crippen molar-refractivity contribution < 1.29 is 14.3 Å². The SMILES string of the molecule is Cc1c(C(=O)OC(C)(C)C)c2cccnc2n1C(C)COc1ccccn1. The minimum Gasteiger partial charge on any atom is -0.475 e. The summed E-state index contributed by atoms with van der Waals surface area (Å²) in [7, 11) is 0. The van der Waals surface area contributed by atoms with E-state index in [0.717, 1.165) is 16.7 Å². The molecule has 0 radical (unpaired) electrons. The zero-order chi connectivity index (χ0) is 19.6. The Morgan fingerprint density at radius 2 is 1.89 bits per heavy atom. The topological polar surface area (TPSA) is 66.2 Å². The summed E-state index contributed by atoms with van der Waals surface area (Å²) in [6.45, 7) is 9.94. The van der Waals surface area contributed by atoms with Gasteiger partial charge in [0.2, 0.25) is 5.88 Å². The number of fused-ring (bicyclic) bond motifs is 1. The van der Waals surface area contributed by atoms with Crippen molar-refractivity contribution in [3.05, 3.63) is 54.0 Å². The van der Waals surface area contributed by atoms with Gasteiger partial charge in [0.25, 0.3) is 0 Å². The molecule has 1 unspecified atom stereocenters. The largest absolute Gasteiger partial charge is 0.475 e. The van der Waals surface area contributed by atoms with Crippen molar-refractivity contribution in [1.82, 2.24) is 14.5 Å². The van der Waals surface area contributed by atoms with Gasteiger partial charge < -0.3 is 14.0 Å². The van der Waals surface area contributed by atoms with Crippen LogP contribution in [0.15, 0.2) is 42.7 Å². The maximum atomic E-state index is 12.8. The lowest BCUT2D eigenvalue weighted by molar-refractivity contribution is 0.00706. The Balaban J connectivity index is 1.95. The highest BCUT2D eigenvalue weighted by Gasteiger charge is 2.27. The Hall–Kier alpha value is -2.89. The van der Waals surface area contributed by atoms with Crippen LogP contribution in [0.1, 0.15) is 49.8 Å². The predicted octanol–water partition coefficient (Wildman–Crippen LogP) is 4.34. The first-order chi connectivity index (χ1) is 12.8. The molecule has 27 heavy (non-hydrogen) atoms. The fourth-order valence-electron chi connectivity index (χ4n) is 3.10. The molecule has 0 N–H and O–H groups in total. The number of rotatable bonds is 5. The van der Waals surface area contributed by atoms with Crippen LogP contribution in [-0.4, -0.2) is 32.7 Å². The molecule has 3 heterocycles. The summed E-state index contributed by atoms with van der Waals surface area (Å²) in [5.41, 5.74) is 1.55. The maximum absolute atomic E-state index is 12.8. The summed E-state index contributed by atoms with van der Waals surface area (Å²) in [5.74, 6) is 0.230. The van der Waals surface area contributed by atoms with Crippen LogP contribution in [0.25, 0.3) is 11.0 Å².